The Labute approximate surface area is 107 Å². The van der Waals surface area contributed by atoms with E-state index >= 15 is 0 Å². The lowest BCUT2D eigenvalue weighted by Gasteiger charge is -2.12. The fourth-order valence-corrected chi connectivity index (χ4v) is 2.13. The van der Waals surface area contributed by atoms with Gasteiger partial charge < -0.3 is 5.32 Å². The van der Waals surface area contributed by atoms with E-state index in [1.807, 2.05) is 19.2 Å². The van der Waals surface area contributed by atoms with E-state index in [0.29, 0.717) is 0 Å². The third kappa shape index (κ3) is 2.43. The molecule has 1 N–H and O–H groups in total. The summed E-state index contributed by atoms with van der Waals surface area (Å²) in [4.78, 5) is 0. The highest BCUT2D eigenvalue weighted by Gasteiger charge is 2.13. The van der Waals surface area contributed by atoms with E-state index in [2.05, 4.69) is 24.3 Å². The highest BCUT2D eigenvalue weighted by Crippen LogP contribution is 2.20. The number of benzene rings is 1. The average molecular weight is 247 g/mol. The molecule has 0 aliphatic carbocycles. The molecule has 4 heteroatoms. The largest absolute Gasteiger partial charge is 0.310 e. The molecule has 1 atom stereocenters. The molecule has 0 spiro atoms. The summed E-state index contributed by atoms with van der Waals surface area (Å²) >= 11 is 0. The maximum atomic E-state index is 13.2. The number of halogens is 1. The molecule has 0 saturated carbocycles. The number of nitrogens with one attached hydrogen (secondary N) is 1. The van der Waals surface area contributed by atoms with Gasteiger partial charge in [-0.15, -0.1) is 0 Å². The van der Waals surface area contributed by atoms with Crippen LogP contribution in [0.15, 0.2) is 30.5 Å². The van der Waals surface area contributed by atoms with Crippen molar-refractivity contribution in [2.45, 2.75) is 26.8 Å². The van der Waals surface area contributed by atoms with Crippen molar-refractivity contribution in [2.75, 3.05) is 6.54 Å². The lowest BCUT2D eigenvalue weighted by molar-refractivity contribution is 0.594. The number of hydrogen-bond acceptors (Lipinski definition) is 2. The van der Waals surface area contributed by atoms with Crippen LogP contribution in [0, 0.1) is 12.7 Å². The van der Waals surface area contributed by atoms with Gasteiger partial charge in [-0.3, -0.25) is 0 Å². The number of hydrogen-bond donors (Lipinski definition) is 1. The van der Waals surface area contributed by atoms with Gasteiger partial charge in [0.05, 0.1) is 11.9 Å². The number of rotatable bonds is 4. The second-order valence-electron chi connectivity index (χ2n) is 4.36. The lowest BCUT2D eigenvalue weighted by Crippen LogP contribution is -2.18. The zero-order valence-corrected chi connectivity index (χ0v) is 10.9. The fraction of sp³-hybridized carbons (Fsp3) is 0.357. The summed E-state index contributed by atoms with van der Waals surface area (Å²) in [7, 11) is 0. The molecule has 2 aromatic rings. The number of nitrogens with zero attached hydrogens (tertiary/aromatic N) is 2. The summed E-state index contributed by atoms with van der Waals surface area (Å²) in [6.45, 7) is 7.08. The van der Waals surface area contributed by atoms with Crippen molar-refractivity contribution in [3.05, 3.63) is 47.5 Å². The van der Waals surface area contributed by atoms with E-state index in [-0.39, 0.29) is 11.9 Å². The maximum absolute atomic E-state index is 13.2. The Bertz CT molecular complexity index is 534. The molecule has 96 valence electrons. The number of aromatic nitrogens is 2. The second kappa shape index (κ2) is 5.31. The Morgan fingerprint density at radius 3 is 2.89 bits per heavy atom. The van der Waals surface area contributed by atoms with Crippen LogP contribution in [0.4, 0.5) is 4.39 Å². The van der Waals surface area contributed by atoms with Crippen molar-refractivity contribution in [3.8, 4) is 5.69 Å². The van der Waals surface area contributed by atoms with Gasteiger partial charge in [0.25, 0.3) is 0 Å². The third-order valence-electron chi connectivity index (χ3n) is 3.08. The molecule has 1 aromatic heterocycles. The zero-order chi connectivity index (χ0) is 13.1. The molecule has 0 radical (unpaired) electrons. The van der Waals surface area contributed by atoms with Crippen molar-refractivity contribution < 1.29 is 4.39 Å². The van der Waals surface area contributed by atoms with Gasteiger partial charge >= 0.3 is 0 Å². The third-order valence-corrected chi connectivity index (χ3v) is 3.08. The molecule has 0 aliphatic rings. The van der Waals surface area contributed by atoms with Crippen LogP contribution in [-0.2, 0) is 0 Å². The van der Waals surface area contributed by atoms with Gasteiger partial charge in [0.1, 0.15) is 5.82 Å². The van der Waals surface area contributed by atoms with Gasteiger partial charge in [-0.05, 0) is 38.6 Å². The van der Waals surface area contributed by atoms with E-state index in [1.54, 1.807) is 10.7 Å². The standard InChI is InChI=1S/C14H18FN3/c1-4-16-10(2)14-9-17-18(11(14)3)13-7-5-6-12(15)8-13/h5-10,16H,4H2,1-3H3. The first-order valence-corrected chi connectivity index (χ1v) is 6.17. The smallest absolute Gasteiger partial charge is 0.125 e. The normalized spacial score (nSPS) is 12.7. The van der Waals surface area contributed by atoms with Crippen LogP contribution in [0.5, 0.6) is 0 Å². The Hall–Kier alpha value is -1.68. The molecule has 1 aromatic carbocycles. The second-order valence-corrected chi connectivity index (χ2v) is 4.36. The van der Waals surface area contributed by atoms with Crippen LogP contribution in [0.25, 0.3) is 5.69 Å². The summed E-state index contributed by atoms with van der Waals surface area (Å²) in [6.07, 6.45) is 1.84. The molecule has 2 rings (SSSR count). The van der Waals surface area contributed by atoms with Crippen LogP contribution in [0.3, 0.4) is 0 Å². The van der Waals surface area contributed by atoms with Crippen molar-refractivity contribution >= 4 is 0 Å². The first-order valence-electron chi connectivity index (χ1n) is 6.17. The molecule has 0 amide bonds. The molecule has 18 heavy (non-hydrogen) atoms. The Balaban J connectivity index is 2.36. The van der Waals surface area contributed by atoms with Crippen molar-refractivity contribution in [3.63, 3.8) is 0 Å². The monoisotopic (exact) mass is 247 g/mol. The predicted octanol–water partition coefficient (Wildman–Crippen LogP) is 2.99. The van der Waals surface area contributed by atoms with Gasteiger partial charge in [-0.2, -0.15) is 5.10 Å². The van der Waals surface area contributed by atoms with E-state index < -0.39 is 0 Å². The molecule has 0 aliphatic heterocycles. The average Bonchev–Trinajstić information content (AvgIpc) is 2.71. The van der Waals surface area contributed by atoms with Gasteiger partial charge in [0, 0.05) is 17.3 Å². The Morgan fingerprint density at radius 1 is 1.44 bits per heavy atom. The molecule has 0 fully saturated rings. The molecule has 0 saturated heterocycles. The predicted molar refractivity (Wildman–Crippen MR) is 70.4 cm³/mol. The summed E-state index contributed by atoms with van der Waals surface area (Å²) < 4.78 is 15.0. The zero-order valence-electron chi connectivity index (χ0n) is 10.9. The summed E-state index contributed by atoms with van der Waals surface area (Å²) in [6, 6.07) is 6.72. The van der Waals surface area contributed by atoms with Gasteiger partial charge in [-0.1, -0.05) is 13.0 Å². The van der Waals surface area contributed by atoms with E-state index in [0.717, 1.165) is 23.5 Å². The van der Waals surface area contributed by atoms with Crippen LogP contribution >= 0.6 is 0 Å². The maximum Gasteiger partial charge on any atom is 0.125 e. The molecule has 1 unspecified atom stereocenters. The molecule has 1 heterocycles. The fourth-order valence-electron chi connectivity index (χ4n) is 2.13. The quantitative estimate of drug-likeness (QED) is 0.900. The Morgan fingerprint density at radius 2 is 2.22 bits per heavy atom. The van der Waals surface area contributed by atoms with Gasteiger partial charge in [0.2, 0.25) is 0 Å². The van der Waals surface area contributed by atoms with Crippen LogP contribution < -0.4 is 5.32 Å². The van der Waals surface area contributed by atoms with Crippen LogP contribution in [-0.4, -0.2) is 16.3 Å². The molecule has 3 nitrogen and oxygen atoms in total. The highest BCUT2D eigenvalue weighted by molar-refractivity contribution is 5.35. The summed E-state index contributed by atoms with van der Waals surface area (Å²) in [5, 5.41) is 7.69. The Kier molecular flexibility index (Phi) is 3.77. The lowest BCUT2D eigenvalue weighted by atomic mass is 10.1. The van der Waals surface area contributed by atoms with Crippen molar-refractivity contribution in [1.29, 1.82) is 0 Å². The van der Waals surface area contributed by atoms with Crippen molar-refractivity contribution in [1.82, 2.24) is 15.1 Å². The minimum atomic E-state index is -0.247. The molecular weight excluding hydrogens is 229 g/mol. The van der Waals surface area contributed by atoms with Gasteiger partial charge in [0.15, 0.2) is 0 Å². The van der Waals surface area contributed by atoms with Crippen LogP contribution in [0.2, 0.25) is 0 Å². The van der Waals surface area contributed by atoms with E-state index in [4.69, 9.17) is 0 Å². The minimum absolute atomic E-state index is 0.247. The first kappa shape index (κ1) is 12.8. The minimum Gasteiger partial charge on any atom is -0.310 e. The molecular formula is C14H18FN3. The van der Waals surface area contributed by atoms with Gasteiger partial charge in [-0.25, -0.2) is 9.07 Å². The molecule has 0 bridgehead atoms. The van der Waals surface area contributed by atoms with E-state index in [1.165, 1.54) is 12.1 Å². The van der Waals surface area contributed by atoms with Crippen LogP contribution in [0.1, 0.15) is 31.1 Å². The first-order chi connectivity index (χ1) is 8.63. The summed E-state index contributed by atoms with van der Waals surface area (Å²) in [5.74, 6) is -0.247. The SMILES string of the molecule is CCNC(C)c1cnn(-c2cccc(F)c2)c1C. The topological polar surface area (TPSA) is 29.9 Å². The van der Waals surface area contributed by atoms with Crippen molar-refractivity contribution in [2.24, 2.45) is 0 Å². The highest BCUT2D eigenvalue weighted by atomic mass is 19.1. The van der Waals surface area contributed by atoms with E-state index in [9.17, 15) is 4.39 Å². The summed E-state index contributed by atoms with van der Waals surface area (Å²) in [5.41, 5.74) is 2.93.